The predicted octanol–water partition coefficient (Wildman–Crippen LogP) is 2.94. The maximum atomic E-state index is 12.4. The molecule has 4 heteroatoms. The van der Waals surface area contributed by atoms with Gasteiger partial charge < -0.3 is 0 Å². The molecule has 22 heavy (non-hydrogen) atoms. The van der Waals surface area contributed by atoms with E-state index < -0.39 is 0 Å². The molecule has 1 saturated carbocycles. The number of hydrogen-bond acceptors (Lipinski definition) is 3. The maximum Gasteiger partial charge on any atom is 0.261 e. The van der Waals surface area contributed by atoms with Gasteiger partial charge in [0, 0.05) is 19.1 Å². The molecule has 0 aromatic heterocycles. The van der Waals surface area contributed by atoms with Gasteiger partial charge in [0.15, 0.2) is 0 Å². The lowest BCUT2D eigenvalue weighted by atomic mass is 9.94. The van der Waals surface area contributed by atoms with E-state index in [-0.39, 0.29) is 11.8 Å². The number of fused-ring (bicyclic) bond motifs is 1. The van der Waals surface area contributed by atoms with Gasteiger partial charge >= 0.3 is 0 Å². The summed E-state index contributed by atoms with van der Waals surface area (Å²) in [6.45, 7) is 4.42. The summed E-state index contributed by atoms with van der Waals surface area (Å²) in [5, 5.41) is 0. The Morgan fingerprint density at radius 2 is 1.64 bits per heavy atom. The Morgan fingerprint density at radius 3 is 2.18 bits per heavy atom. The summed E-state index contributed by atoms with van der Waals surface area (Å²) in [5.41, 5.74) is 1.10. The van der Waals surface area contributed by atoms with E-state index in [9.17, 15) is 9.59 Å². The zero-order valence-electron chi connectivity index (χ0n) is 13.3. The highest BCUT2D eigenvalue weighted by Crippen LogP contribution is 2.24. The molecule has 1 aromatic carbocycles. The molecular formula is C18H24N2O2. The first-order valence-corrected chi connectivity index (χ1v) is 8.41. The molecule has 0 spiro atoms. The number of carbonyl (C=O) groups excluding carboxylic acids is 2. The van der Waals surface area contributed by atoms with Crippen molar-refractivity contribution in [3.63, 3.8) is 0 Å². The van der Waals surface area contributed by atoms with Gasteiger partial charge in [-0.2, -0.15) is 0 Å². The van der Waals surface area contributed by atoms with Crippen molar-refractivity contribution in [2.75, 3.05) is 19.6 Å². The fourth-order valence-electron chi connectivity index (χ4n) is 3.72. The van der Waals surface area contributed by atoms with Crippen molar-refractivity contribution in [1.29, 1.82) is 0 Å². The molecule has 0 N–H and O–H groups in total. The van der Waals surface area contributed by atoms with Crippen molar-refractivity contribution in [2.45, 2.75) is 45.1 Å². The van der Waals surface area contributed by atoms with E-state index in [4.69, 9.17) is 0 Å². The van der Waals surface area contributed by atoms with Gasteiger partial charge in [-0.25, -0.2) is 0 Å². The molecule has 1 aliphatic carbocycles. The Labute approximate surface area is 132 Å². The lowest BCUT2D eigenvalue weighted by Crippen LogP contribution is -2.43. The molecule has 1 aliphatic heterocycles. The van der Waals surface area contributed by atoms with Gasteiger partial charge in [0.1, 0.15) is 0 Å². The molecule has 0 bridgehead atoms. The van der Waals surface area contributed by atoms with E-state index in [0.717, 1.165) is 13.1 Å². The van der Waals surface area contributed by atoms with Crippen LogP contribution < -0.4 is 0 Å². The number of nitrogens with zero attached hydrogens (tertiary/aromatic N) is 2. The minimum Gasteiger partial charge on any atom is -0.299 e. The van der Waals surface area contributed by atoms with Gasteiger partial charge in [-0.05, 0) is 31.5 Å². The first-order chi connectivity index (χ1) is 10.7. The Bertz CT molecular complexity index is 529. The molecule has 3 rings (SSSR count). The highest BCUT2D eigenvalue weighted by atomic mass is 16.2. The van der Waals surface area contributed by atoms with E-state index >= 15 is 0 Å². The third-order valence-corrected chi connectivity index (χ3v) is 4.99. The van der Waals surface area contributed by atoms with Gasteiger partial charge in [0.25, 0.3) is 11.8 Å². The van der Waals surface area contributed by atoms with Crippen molar-refractivity contribution >= 4 is 11.8 Å². The Morgan fingerprint density at radius 1 is 1.05 bits per heavy atom. The van der Waals surface area contributed by atoms with Crippen LogP contribution in [0.15, 0.2) is 24.3 Å². The highest BCUT2D eigenvalue weighted by molar-refractivity contribution is 6.21. The number of likely N-dealkylation sites (N-methyl/N-ethyl adjacent to an activating group) is 1. The van der Waals surface area contributed by atoms with Crippen LogP contribution in [0.1, 0.15) is 59.7 Å². The van der Waals surface area contributed by atoms with E-state index in [1.807, 2.05) is 12.1 Å². The summed E-state index contributed by atoms with van der Waals surface area (Å²) in [5.74, 6) is -0.277. The normalized spacial score (nSPS) is 19.1. The number of benzene rings is 1. The van der Waals surface area contributed by atoms with Gasteiger partial charge in [0.05, 0.1) is 11.1 Å². The van der Waals surface area contributed by atoms with Gasteiger partial charge in [-0.1, -0.05) is 38.3 Å². The van der Waals surface area contributed by atoms with Crippen LogP contribution in [0.5, 0.6) is 0 Å². The van der Waals surface area contributed by atoms with Crippen molar-refractivity contribution in [2.24, 2.45) is 0 Å². The predicted molar refractivity (Wildman–Crippen MR) is 85.9 cm³/mol. The van der Waals surface area contributed by atoms with Gasteiger partial charge in [0.2, 0.25) is 0 Å². The summed E-state index contributed by atoms with van der Waals surface area (Å²) < 4.78 is 0. The van der Waals surface area contributed by atoms with Crippen LogP contribution in [-0.2, 0) is 0 Å². The van der Waals surface area contributed by atoms with Crippen LogP contribution in [0.3, 0.4) is 0 Å². The molecule has 0 radical (unpaired) electrons. The molecule has 1 heterocycles. The second-order valence-electron chi connectivity index (χ2n) is 6.23. The fourth-order valence-corrected chi connectivity index (χ4v) is 3.72. The molecule has 0 unspecified atom stereocenters. The van der Waals surface area contributed by atoms with Crippen LogP contribution in [0, 0.1) is 0 Å². The minimum atomic E-state index is -0.139. The number of imide groups is 1. The first-order valence-electron chi connectivity index (χ1n) is 8.41. The SMILES string of the molecule is CCN(CCN1C(=O)c2ccccc2C1=O)C1CCCCC1. The number of rotatable bonds is 5. The topological polar surface area (TPSA) is 40.6 Å². The number of amides is 2. The second-order valence-corrected chi connectivity index (χ2v) is 6.23. The molecule has 4 nitrogen and oxygen atoms in total. The molecular weight excluding hydrogens is 276 g/mol. The van der Waals surface area contributed by atoms with E-state index in [1.165, 1.54) is 37.0 Å². The average Bonchev–Trinajstić information content (AvgIpc) is 2.81. The van der Waals surface area contributed by atoms with Crippen molar-refractivity contribution in [3.8, 4) is 0 Å². The maximum absolute atomic E-state index is 12.4. The largest absolute Gasteiger partial charge is 0.299 e. The van der Waals surface area contributed by atoms with Crippen LogP contribution in [0.25, 0.3) is 0 Å². The number of carbonyl (C=O) groups is 2. The Balaban J connectivity index is 1.64. The van der Waals surface area contributed by atoms with Crippen molar-refractivity contribution in [1.82, 2.24) is 9.80 Å². The van der Waals surface area contributed by atoms with Crippen LogP contribution >= 0.6 is 0 Å². The lowest BCUT2D eigenvalue weighted by Gasteiger charge is -2.34. The third kappa shape index (κ3) is 2.80. The van der Waals surface area contributed by atoms with Crippen LogP contribution in [0.2, 0.25) is 0 Å². The van der Waals surface area contributed by atoms with Crippen molar-refractivity contribution in [3.05, 3.63) is 35.4 Å². The standard InChI is InChI=1S/C18H24N2O2/c1-2-19(14-8-4-3-5-9-14)12-13-20-17(21)15-10-6-7-11-16(15)18(20)22/h6-7,10-11,14H,2-5,8-9,12-13H2,1H3. The Kier molecular flexibility index (Phi) is 4.57. The van der Waals surface area contributed by atoms with Crippen LogP contribution in [-0.4, -0.2) is 47.3 Å². The quantitative estimate of drug-likeness (QED) is 0.785. The van der Waals surface area contributed by atoms with Crippen LogP contribution in [0.4, 0.5) is 0 Å². The minimum absolute atomic E-state index is 0.139. The molecule has 2 amide bonds. The molecule has 2 aliphatic rings. The first kappa shape index (κ1) is 15.2. The highest BCUT2D eigenvalue weighted by Gasteiger charge is 2.35. The summed E-state index contributed by atoms with van der Waals surface area (Å²) in [6.07, 6.45) is 6.43. The second kappa shape index (κ2) is 6.61. The fraction of sp³-hybridized carbons (Fsp3) is 0.556. The monoisotopic (exact) mass is 300 g/mol. The Hall–Kier alpha value is -1.68. The summed E-state index contributed by atoms with van der Waals surface area (Å²) in [6, 6.07) is 7.73. The van der Waals surface area contributed by atoms with Gasteiger partial charge in [-0.3, -0.25) is 19.4 Å². The molecule has 118 valence electrons. The number of hydrogen-bond donors (Lipinski definition) is 0. The average molecular weight is 300 g/mol. The van der Waals surface area contributed by atoms with E-state index in [0.29, 0.717) is 23.7 Å². The molecule has 1 aromatic rings. The van der Waals surface area contributed by atoms with E-state index in [2.05, 4.69) is 11.8 Å². The summed E-state index contributed by atoms with van der Waals surface area (Å²) >= 11 is 0. The zero-order valence-corrected chi connectivity index (χ0v) is 13.3. The lowest BCUT2D eigenvalue weighted by molar-refractivity contribution is 0.0616. The zero-order chi connectivity index (χ0) is 15.5. The molecule has 1 fully saturated rings. The summed E-state index contributed by atoms with van der Waals surface area (Å²) in [7, 11) is 0. The molecule has 0 saturated heterocycles. The molecule has 0 atom stereocenters. The van der Waals surface area contributed by atoms with Gasteiger partial charge in [-0.15, -0.1) is 0 Å². The van der Waals surface area contributed by atoms with Crippen molar-refractivity contribution < 1.29 is 9.59 Å². The third-order valence-electron chi connectivity index (χ3n) is 4.99. The smallest absolute Gasteiger partial charge is 0.261 e. The van der Waals surface area contributed by atoms with E-state index in [1.54, 1.807) is 12.1 Å². The summed E-state index contributed by atoms with van der Waals surface area (Å²) in [4.78, 5) is 28.6.